The summed E-state index contributed by atoms with van der Waals surface area (Å²) in [5.41, 5.74) is 5.15. The Balaban J connectivity index is 1.57. The fourth-order valence-corrected chi connectivity index (χ4v) is 7.28. The number of rotatable bonds is 5. The first-order valence-electron chi connectivity index (χ1n) is 13.0. The smallest absolute Gasteiger partial charge is 0.302 e. The molecule has 176 valence electrons. The third kappa shape index (κ3) is 3.97. The molecular weight excluding hydrogens is 392 g/mol. The van der Waals surface area contributed by atoms with Gasteiger partial charge in [-0.2, -0.15) is 0 Å². The molecule has 7 unspecified atom stereocenters. The number of hydrogen-bond acceptors (Lipinski definition) is 2. The highest BCUT2D eigenvalue weighted by Gasteiger charge is 2.54. The Labute approximate surface area is 196 Å². The molecule has 32 heavy (non-hydrogen) atoms. The van der Waals surface area contributed by atoms with Crippen molar-refractivity contribution in [3.05, 3.63) is 47.1 Å². The van der Waals surface area contributed by atoms with Crippen molar-refractivity contribution >= 4 is 5.97 Å². The third-order valence-electron chi connectivity index (χ3n) is 9.76. The number of fused-ring (bicyclic) bond motifs is 5. The Hall–Kier alpha value is -1.57. The second-order valence-corrected chi connectivity index (χ2v) is 12.0. The van der Waals surface area contributed by atoms with Crippen molar-refractivity contribution in [1.29, 1.82) is 0 Å². The summed E-state index contributed by atoms with van der Waals surface area (Å²) in [6, 6.07) is 0. The highest BCUT2D eigenvalue weighted by Crippen LogP contribution is 2.64. The average molecular weight is 437 g/mol. The van der Waals surface area contributed by atoms with E-state index in [1.165, 1.54) is 31.8 Å². The molecule has 2 nitrogen and oxygen atoms in total. The molecule has 0 radical (unpaired) electrons. The van der Waals surface area contributed by atoms with Gasteiger partial charge in [0.1, 0.15) is 6.10 Å². The SMILES string of the molecule is CC(=O)OC1CCC2(C)C(=CC=C3C2=CCC2(C)C3CCC2C(C)/C=C/C(C)C(C)C)C1. The van der Waals surface area contributed by atoms with Crippen molar-refractivity contribution in [2.45, 2.75) is 93.1 Å². The number of carbonyl (C=O) groups excluding carboxylic acids is 1. The Morgan fingerprint density at radius 1 is 1.09 bits per heavy atom. The highest BCUT2D eigenvalue weighted by molar-refractivity contribution is 5.66. The molecule has 7 atom stereocenters. The van der Waals surface area contributed by atoms with Crippen LogP contribution in [0.4, 0.5) is 0 Å². The molecule has 0 saturated heterocycles. The summed E-state index contributed by atoms with van der Waals surface area (Å²) in [5.74, 6) is 3.25. The van der Waals surface area contributed by atoms with Crippen molar-refractivity contribution in [2.24, 2.45) is 40.4 Å². The molecule has 4 aliphatic rings. The second-order valence-electron chi connectivity index (χ2n) is 12.0. The van der Waals surface area contributed by atoms with Gasteiger partial charge in [-0.15, -0.1) is 0 Å². The van der Waals surface area contributed by atoms with Crippen LogP contribution >= 0.6 is 0 Å². The Bertz CT molecular complexity index is 871. The molecule has 0 aromatic rings. The standard InChI is InChI=1S/C30H44O2/c1-19(2)20(3)8-9-21(4)26-12-13-27-25-11-10-23-18-24(32-22(5)31)14-16-29(23,6)28(25)15-17-30(26,27)7/h8-11,15,19-21,24,26-27H,12-14,16-18H2,1-7H3/b9-8+. The van der Waals surface area contributed by atoms with E-state index < -0.39 is 0 Å². The van der Waals surface area contributed by atoms with E-state index in [4.69, 9.17) is 4.74 Å². The van der Waals surface area contributed by atoms with Crippen molar-refractivity contribution < 1.29 is 9.53 Å². The van der Waals surface area contributed by atoms with Crippen LogP contribution in [0.15, 0.2) is 47.1 Å². The number of carbonyl (C=O) groups is 1. The van der Waals surface area contributed by atoms with Gasteiger partial charge in [-0.1, -0.05) is 77.5 Å². The van der Waals surface area contributed by atoms with E-state index in [1.807, 2.05) is 0 Å². The first kappa shape index (κ1) is 23.6. The van der Waals surface area contributed by atoms with Gasteiger partial charge in [-0.05, 0) is 78.3 Å². The monoisotopic (exact) mass is 436 g/mol. The lowest BCUT2D eigenvalue weighted by Gasteiger charge is -2.50. The zero-order valence-corrected chi connectivity index (χ0v) is 21.4. The van der Waals surface area contributed by atoms with E-state index in [-0.39, 0.29) is 17.5 Å². The molecule has 0 aromatic heterocycles. The summed E-state index contributed by atoms with van der Waals surface area (Å²) < 4.78 is 5.58. The van der Waals surface area contributed by atoms with E-state index in [9.17, 15) is 4.79 Å². The molecule has 2 saturated carbocycles. The van der Waals surface area contributed by atoms with Crippen LogP contribution in [0.25, 0.3) is 0 Å². The molecule has 2 fully saturated rings. The molecule has 0 N–H and O–H groups in total. The number of esters is 1. The van der Waals surface area contributed by atoms with Gasteiger partial charge in [0.05, 0.1) is 0 Å². The molecule has 0 aromatic carbocycles. The van der Waals surface area contributed by atoms with Gasteiger partial charge in [0, 0.05) is 18.8 Å². The van der Waals surface area contributed by atoms with Crippen molar-refractivity contribution in [2.75, 3.05) is 0 Å². The van der Waals surface area contributed by atoms with Crippen LogP contribution in [0.3, 0.4) is 0 Å². The minimum atomic E-state index is -0.151. The van der Waals surface area contributed by atoms with Crippen molar-refractivity contribution in [3.63, 3.8) is 0 Å². The third-order valence-corrected chi connectivity index (χ3v) is 9.76. The molecule has 4 aliphatic carbocycles. The molecule has 4 rings (SSSR count). The van der Waals surface area contributed by atoms with Crippen molar-refractivity contribution in [1.82, 2.24) is 0 Å². The highest BCUT2D eigenvalue weighted by atomic mass is 16.5. The summed E-state index contributed by atoms with van der Waals surface area (Å²) in [6.07, 6.45) is 19.2. The maximum absolute atomic E-state index is 11.5. The lowest BCUT2D eigenvalue weighted by Crippen LogP contribution is -2.41. The lowest BCUT2D eigenvalue weighted by atomic mass is 9.54. The van der Waals surface area contributed by atoms with Crippen LogP contribution in [-0.2, 0) is 9.53 Å². The molecule has 0 heterocycles. The van der Waals surface area contributed by atoms with Gasteiger partial charge >= 0.3 is 5.97 Å². The van der Waals surface area contributed by atoms with E-state index in [2.05, 4.69) is 71.9 Å². The van der Waals surface area contributed by atoms with Crippen LogP contribution in [0.5, 0.6) is 0 Å². The summed E-state index contributed by atoms with van der Waals surface area (Å²) in [5, 5.41) is 0. The van der Waals surface area contributed by atoms with Gasteiger partial charge in [-0.25, -0.2) is 0 Å². The maximum Gasteiger partial charge on any atom is 0.302 e. The Morgan fingerprint density at radius 2 is 1.84 bits per heavy atom. The molecule has 0 amide bonds. The van der Waals surface area contributed by atoms with Crippen molar-refractivity contribution in [3.8, 4) is 0 Å². The molecule has 2 heteroatoms. The van der Waals surface area contributed by atoms with E-state index >= 15 is 0 Å². The van der Waals surface area contributed by atoms with Crippen LogP contribution in [0.2, 0.25) is 0 Å². The topological polar surface area (TPSA) is 26.3 Å². The van der Waals surface area contributed by atoms with Crippen LogP contribution in [-0.4, -0.2) is 12.1 Å². The van der Waals surface area contributed by atoms with Gasteiger partial charge in [0.2, 0.25) is 0 Å². The van der Waals surface area contributed by atoms with Crippen LogP contribution < -0.4 is 0 Å². The van der Waals surface area contributed by atoms with E-state index in [0.29, 0.717) is 29.1 Å². The molecular formula is C30H44O2. The summed E-state index contributed by atoms with van der Waals surface area (Å²) in [4.78, 5) is 11.5. The van der Waals surface area contributed by atoms with Crippen LogP contribution in [0.1, 0.15) is 87.0 Å². The number of hydrogen-bond donors (Lipinski definition) is 0. The zero-order chi connectivity index (χ0) is 23.3. The molecule has 0 bridgehead atoms. The first-order valence-corrected chi connectivity index (χ1v) is 13.0. The Kier molecular flexibility index (Phi) is 6.38. The van der Waals surface area contributed by atoms with Gasteiger partial charge in [-0.3, -0.25) is 4.79 Å². The molecule has 0 aliphatic heterocycles. The average Bonchev–Trinajstić information content (AvgIpc) is 3.08. The minimum Gasteiger partial charge on any atom is -0.462 e. The van der Waals surface area contributed by atoms with Gasteiger partial charge in [0.25, 0.3) is 0 Å². The van der Waals surface area contributed by atoms with E-state index in [1.54, 1.807) is 11.1 Å². The Morgan fingerprint density at radius 3 is 2.53 bits per heavy atom. The fourth-order valence-electron chi connectivity index (χ4n) is 7.28. The second kappa shape index (κ2) is 8.65. The van der Waals surface area contributed by atoms with Gasteiger partial charge in [0.15, 0.2) is 0 Å². The first-order chi connectivity index (χ1) is 15.1. The predicted octanol–water partition coefficient (Wildman–Crippen LogP) is 7.82. The summed E-state index contributed by atoms with van der Waals surface area (Å²) in [7, 11) is 0. The number of ether oxygens (including phenoxy) is 1. The molecule has 0 spiro atoms. The number of allylic oxidation sites excluding steroid dienone is 7. The lowest BCUT2D eigenvalue weighted by molar-refractivity contribution is -0.147. The maximum atomic E-state index is 11.5. The normalized spacial score (nSPS) is 38.2. The van der Waals surface area contributed by atoms with Gasteiger partial charge < -0.3 is 4.74 Å². The van der Waals surface area contributed by atoms with Crippen LogP contribution in [0, 0.1) is 40.4 Å². The summed E-state index contributed by atoms with van der Waals surface area (Å²) >= 11 is 0. The fraction of sp³-hybridized carbons (Fsp3) is 0.700. The largest absolute Gasteiger partial charge is 0.462 e. The predicted molar refractivity (Wildman–Crippen MR) is 133 cm³/mol. The summed E-state index contributed by atoms with van der Waals surface area (Å²) in [6.45, 7) is 16.0. The quantitative estimate of drug-likeness (QED) is 0.324. The van der Waals surface area contributed by atoms with E-state index in [0.717, 1.165) is 25.2 Å². The minimum absolute atomic E-state index is 0.0490. The zero-order valence-electron chi connectivity index (χ0n) is 21.4.